The Labute approximate surface area is 115 Å². The minimum absolute atomic E-state index is 0.0158. The number of carbonyl (C=O) groups is 2. The lowest BCUT2D eigenvalue weighted by atomic mass is 9.67. The van der Waals surface area contributed by atoms with Gasteiger partial charge in [-0.2, -0.15) is 0 Å². The van der Waals surface area contributed by atoms with E-state index in [4.69, 9.17) is 5.73 Å². The van der Waals surface area contributed by atoms with Crippen molar-refractivity contribution in [2.24, 2.45) is 11.1 Å². The number of carbonyl (C=O) groups excluding carboxylic acids is 2. The summed E-state index contributed by atoms with van der Waals surface area (Å²) in [5.41, 5.74) is 5.72. The molecule has 19 heavy (non-hydrogen) atoms. The molecule has 108 valence electrons. The molecule has 2 N–H and O–H groups in total. The van der Waals surface area contributed by atoms with Crippen molar-refractivity contribution < 1.29 is 9.59 Å². The molecule has 1 unspecified atom stereocenters. The van der Waals surface area contributed by atoms with Gasteiger partial charge in [0.2, 0.25) is 11.8 Å². The molecule has 0 radical (unpaired) electrons. The molecule has 1 heterocycles. The molecule has 0 aromatic carbocycles. The molecule has 2 fully saturated rings. The topological polar surface area (TPSA) is 63.4 Å². The van der Waals surface area contributed by atoms with Crippen molar-refractivity contribution in [1.82, 2.24) is 4.90 Å². The molecule has 4 heteroatoms. The Morgan fingerprint density at radius 1 is 1.16 bits per heavy atom. The highest BCUT2D eigenvalue weighted by molar-refractivity contribution is 5.99. The molecule has 4 nitrogen and oxygen atoms in total. The molecule has 1 spiro atoms. The van der Waals surface area contributed by atoms with E-state index in [1.807, 2.05) is 0 Å². The lowest BCUT2D eigenvalue weighted by molar-refractivity contribution is -0.157. The van der Waals surface area contributed by atoms with E-state index in [1.165, 1.54) is 11.3 Å². The standard InChI is InChI=1S/C15H26N2O2/c1-2-6-12(11-16)17-13(18)9-15(10-14(17)19)7-4-3-5-8-15/h12H,2-11,16H2,1H3. The van der Waals surface area contributed by atoms with E-state index in [-0.39, 0.29) is 23.3 Å². The predicted molar refractivity (Wildman–Crippen MR) is 74.4 cm³/mol. The van der Waals surface area contributed by atoms with Crippen molar-refractivity contribution >= 4 is 11.8 Å². The summed E-state index contributed by atoms with van der Waals surface area (Å²) in [6.07, 6.45) is 8.53. The van der Waals surface area contributed by atoms with E-state index in [9.17, 15) is 9.59 Å². The van der Waals surface area contributed by atoms with Gasteiger partial charge in [0.05, 0.1) is 6.04 Å². The first-order valence-electron chi connectivity index (χ1n) is 7.67. The van der Waals surface area contributed by atoms with Crippen LogP contribution in [-0.4, -0.2) is 29.3 Å². The van der Waals surface area contributed by atoms with E-state index in [0.717, 1.165) is 38.5 Å². The quantitative estimate of drug-likeness (QED) is 0.793. The molecule has 1 aliphatic carbocycles. The maximum absolute atomic E-state index is 12.4. The molecule has 0 bridgehead atoms. The first-order chi connectivity index (χ1) is 9.12. The zero-order chi connectivity index (χ0) is 13.9. The van der Waals surface area contributed by atoms with E-state index in [2.05, 4.69) is 6.92 Å². The van der Waals surface area contributed by atoms with Crippen LogP contribution in [0, 0.1) is 5.41 Å². The fraction of sp³-hybridized carbons (Fsp3) is 0.867. The number of piperidine rings is 1. The predicted octanol–water partition coefficient (Wildman–Crippen LogP) is 2.21. The van der Waals surface area contributed by atoms with E-state index in [1.54, 1.807) is 0 Å². The highest BCUT2D eigenvalue weighted by atomic mass is 16.2. The van der Waals surface area contributed by atoms with Gasteiger partial charge in [-0.3, -0.25) is 14.5 Å². The monoisotopic (exact) mass is 266 g/mol. The Morgan fingerprint density at radius 3 is 2.21 bits per heavy atom. The van der Waals surface area contributed by atoms with Gasteiger partial charge in [0.15, 0.2) is 0 Å². The first kappa shape index (κ1) is 14.5. The Morgan fingerprint density at radius 2 is 1.74 bits per heavy atom. The summed E-state index contributed by atoms with van der Waals surface area (Å²) in [7, 11) is 0. The molecule has 0 aromatic heterocycles. The van der Waals surface area contributed by atoms with E-state index < -0.39 is 0 Å². The molecule has 1 saturated carbocycles. The maximum Gasteiger partial charge on any atom is 0.230 e. The van der Waals surface area contributed by atoms with Gasteiger partial charge in [-0.05, 0) is 24.7 Å². The van der Waals surface area contributed by atoms with Crippen molar-refractivity contribution in [3.8, 4) is 0 Å². The van der Waals surface area contributed by atoms with Crippen LogP contribution in [0.2, 0.25) is 0 Å². The zero-order valence-corrected chi connectivity index (χ0v) is 12.0. The molecular formula is C15H26N2O2. The number of imide groups is 1. The lowest BCUT2D eigenvalue weighted by Gasteiger charge is -2.44. The van der Waals surface area contributed by atoms with Gasteiger partial charge >= 0.3 is 0 Å². The minimum Gasteiger partial charge on any atom is -0.328 e. The second-order valence-corrected chi connectivity index (χ2v) is 6.25. The minimum atomic E-state index is -0.0917. The highest BCUT2D eigenvalue weighted by Gasteiger charge is 2.45. The van der Waals surface area contributed by atoms with Gasteiger partial charge < -0.3 is 5.73 Å². The van der Waals surface area contributed by atoms with Crippen LogP contribution in [0.4, 0.5) is 0 Å². The summed E-state index contributed by atoms with van der Waals surface area (Å²) in [6.45, 7) is 2.45. The van der Waals surface area contributed by atoms with Crippen molar-refractivity contribution in [2.75, 3.05) is 6.54 Å². The van der Waals surface area contributed by atoms with Crippen LogP contribution in [0.1, 0.15) is 64.7 Å². The van der Waals surface area contributed by atoms with E-state index >= 15 is 0 Å². The number of likely N-dealkylation sites (tertiary alicyclic amines) is 1. The van der Waals surface area contributed by atoms with Crippen molar-refractivity contribution in [3.05, 3.63) is 0 Å². The van der Waals surface area contributed by atoms with Crippen molar-refractivity contribution in [3.63, 3.8) is 0 Å². The largest absolute Gasteiger partial charge is 0.328 e. The average molecular weight is 266 g/mol. The number of rotatable bonds is 4. The van der Waals surface area contributed by atoms with Gasteiger partial charge in [-0.25, -0.2) is 0 Å². The molecule has 2 amide bonds. The van der Waals surface area contributed by atoms with Gasteiger partial charge in [-0.15, -0.1) is 0 Å². The Bertz CT molecular complexity index is 328. The van der Waals surface area contributed by atoms with Gasteiger partial charge in [0, 0.05) is 19.4 Å². The Kier molecular flexibility index (Phi) is 4.61. The van der Waals surface area contributed by atoms with Crippen LogP contribution in [0.15, 0.2) is 0 Å². The summed E-state index contributed by atoms with van der Waals surface area (Å²) < 4.78 is 0. The molecule has 1 saturated heterocycles. The normalized spacial score (nSPS) is 24.8. The van der Waals surface area contributed by atoms with Crippen molar-refractivity contribution in [1.29, 1.82) is 0 Å². The fourth-order valence-corrected chi connectivity index (χ4v) is 3.76. The molecular weight excluding hydrogens is 240 g/mol. The van der Waals surface area contributed by atoms with Crippen LogP contribution >= 0.6 is 0 Å². The number of nitrogens with two attached hydrogens (primary N) is 1. The Hall–Kier alpha value is -0.900. The highest BCUT2D eigenvalue weighted by Crippen LogP contribution is 2.45. The molecule has 0 aromatic rings. The van der Waals surface area contributed by atoms with Gasteiger partial charge in [0.1, 0.15) is 0 Å². The molecule has 2 aliphatic rings. The SMILES string of the molecule is CCCC(CN)N1C(=O)CC2(CCCCC2)CC1=O. The van der Waals surface area contributed by atoms with Crippen LogP contribution in [-0.2, 0) is 9.59 Å². The molecule has 2 rings (SSSR count). The van der Waals surface area contributed by atoms with E-state index in [0.29, 0.717) is 19.4 Å². The lowest BCUT2D eigenvalue weighted by Crippen LogP contribution is -2.54. The smallest absolute Gasteiger partial charge is 0.230 e. The van der Waals surface area contributed by atoms with Gasteiger partial charge in [-0.1, -0.05) is 32.6 Å². The third kappa shape index (κ3) is 2.99. The summed E-state index contributed by atoms with van der Waals surface area (Å²) >= 11 is 0. The zero-order valence-electron chi connectivity index (χ0n) is 12.0. The van der Waals surface area contributed by atoms with Crippen LogP contribution in [0.5, 0.6) is 0 Å². The molecule has 1 atom stereocenters. The number of hydrogen-bond acceptors (Lipinski definition) is 3. The fourth-order valence-electron chi connectivity index (χ4n) is 3.76. The summed E-state index contributed by atoms with van der Waals surface area (Å²) in [5, 5.41) is 0. The second-order valence-electron chi connectivity index (χ2n) is 6.25. The molecule has 1 aliphatic heterocycles. The number of amides is 2. The summed E-state index contributed by atoms with van der Waals surface area (Å²) in [4.78, 5) is 26.3. The Balaban J connectivity index is 2.10. The maximum atomic E-state index is 12.4. The van der Waals surface area contributed by atoms with Crippen molar-refractivity contribution in [2.45, 2.75) is 70.8 Å². The number of nitrogens with zero attached hydrogens (tertiary/aromatic N) is 1. The van der Waals surface area contributed by atoms with Crippen LogP contribution in [0.25, 0.3) is 0 Å². The average Bonchev–Trinajstić information content (AvgIpc) is 2.37. The number of hydrogen-bond donors (Lipinski definition) is 1. The van der Waals surface area contributed by atoms with Gasteiger partial charge in [0.25, 0.3) is 0 Å². The van der Waals surface area contributed by atoms with Crippen LogP contribution < -0.4 is 5.73 Å². The van der Waals surface area contributed by atoms with Crippen LogP contribution in [0.3, 0.4) is 0 Å². The second kappa shape index (κ2) is 6.04. The first-order valence-corrected chi connectivity index (χ1v) is 7.67. The summed E-state index contributed by atoms with van der Waals surface area (Å²) in [6, 6.07) is -0.0917. The third-order valence-electron chi connectivity index (χ3n) is 4.76. The third-order valence-corrected chi connectivity index (χ3v) is 4.76. The summed E-state index contributed by atoms with van der Waals surface area (Å²) in [5.74, 6) is 0.0316.